The second-order valence-corrected chi connectivity index (χ2v) is 7.14. The molecule has 2 aromatic heterocycles. The van der Waals surface area contributed by atoms with Crippen molar-refractivity contribution in [3.63, 3.8) is 0 Å². The summed E-state index contributed by atoms with van der Waals surface area (Å²) < 4.78 is 40.4. The Bertz CT molecular complexity index is 1170. The Labute approximate surface area is 188 Å². The number of hydrogen-bond acceptors (Lipinski definition) is 6. The first-order valence-corrected chi connectivity index (χ1v) is 9.72. The van der Waals surface area contributed by atoms with Crippen LogP contribution in [0.2, 0.25) is 0 Å². The van der Waals surface area contributed by atoms with Crippen molar-refractivity contribution in [1.82, 2.24) is 9.97 Å². The van der Waals surface area contributed by atoms with Crippen LogP contribution < -0.4 is 16.0 Å². The van der Waals surface area contributed by atoms with Crippen LogP contribution in [0.5, 0.6) is 0 Å². The fourth-order valence-corrected chi connectivity index (χ4v) is 2.72. The first-order chi connectivity index (χ1) is 15.6. The predicted octanol–water partition coefficient (Wildman–Crippen LogP) is 4.43. The van der Waals surface area contributed by atoms with Gasteiger partial charge in [0.15, 0.2) is 5.82 Å². The quantitative estimate of drug-likeness (QED) is 0.537. The highest BCUT2D eigenvalue weighted by Gasteiger charge is 2.34. The fraction of sp³-hybridized carbons (Fsp3) is 0.130. The van der Waals surface area contributed by atoms with Gasteiger partial charge < -0.3 is 16.0 Å². The maximum Gasteiger partial charge on any atom is 0.433 e. The number of halogens is 3. The normalized spacial score (nSPS) is 12.4. The van der Waals surface area contributed by atoms with Crippen molar-refractivity contribution in [2.45, 2.75) is 6.18 Å². The second kappa shape index (κ2) is 9.94. The Balaban J connectivity index is 1.80. The Kier molecular flexibility index (Phi) is 7.07. The summed E-state index contributed by atoms with van der Waals surface area (Å²) in [5.41, 5.74) is 6.35. The van der Waals surface area contributed by atoms with Crippen LogP contribution >= 0.6 is 0 Å². The third kappa shape index (κ3) is 6.39. The largest absolute Gasteiger partial charge is 0.433 e. The third-order valence-corrected chi connectivity index (χ3v) is 4.44. The van der Waals surface area contributed by atoms with E-state index in [4.69, 9.17) is 5.73 Å². The zero-order valence-corrected chi connectivity index (χ0v) is 17.8. The van der Waals surface area contributed by atoms with Crippen molar-refractivity contribution < 1.29 is 18.0 Å². The summed E-state index contributed by atoms with van der Waals surface area (Å²) in [6, 6.07) is 12.8. The van der Waals surface area contributed by atoms with Crippen molar-refractivity contribution in [1.29, 1.82) is 0 Å². The molecular formula is C23H21F3N6O. The fourth-order valence-electron chi connectivity index (χ4n) is 2.72. The molecule has 33 heavy (non-hydrogen) atoms. The lowest BCUT2D eigenvalue weighted by molar-refractivity contribution is -0.0576. The average molecular weight is 454 g/mol. The molecule has 0 saturated carbocycles. The number of nitrogens with zero attached hydrogens (tertiary/aromatic N) is 4. The Morgan fingerprint density at radius 3 is 2.45 bits per heavy atom. The van der Waals surface area contributed by atoms with Gasteiger partial charge in [0.1, 0.15) is 5.71 Å². The molecule has 0 saturated heterocycles. The summed E-state index contributed by atoms with van der Waals surface area (Å²) in [6.07, 6.45) is 0.0439. The van der Waals surface area contributed by atoms with Crippen LogP contribution in [0.4, 0.5) is 30.4 Å². The lowest BCUT2D eigenvalue weighted by Crippen LogP contribution is -2.22. The first-order valence-electron chi connectivity index (χ1n) is 9.72. The maximum atomic E-state index is 13.5. The zero-order chi connectivity index (χ0) is 24.0. The number of nitrogens with one attached hydrogen (secondary N) is 1. The van der Waals surface area contributed by atoms with E-state index >= 15 is 0 Å². The minimum atomic E-state index is -4.75. The standard InChI is InChI=1S/C23H21F3N6O/c1-32(2)18-7-3-5-15(11-18)22(33)30-17-8-9-21(29-14-17)31-20(23(24,25)26)12-19(27)16-6-4-10-28-13-16/h3-14H,27H2,1-2H3,(H,30,33). The number of benzene rings is 1. The van der Waals surface area contributed by atoms with Crippen molar-refractivity contribution in [2.24, 2.45) is 10.7 Å². The summed E-state index contributed by atoms with van der Waals surface area (Å²) >= 11 is 0. The summed E-state index contributed by atoms with van der Waals surface area (Å²) in [5.74, 6) is -0.565. The SMILES string of the molecule is CN(C)c1cccc(C(=O)Nc2ccc(N=C(C=C(N)c3cccnc3)C(F)(F)F)nc2)c1. The molecule has 0 aliphatic heterocycles. The van der Waals surface area contributed by atoms with Crippen molar-refractivity contribution in [3.05, 3.63) is 84.3 Å². The first kappa shape index (κ1) is 23.5. The van der Waals surface area contributed by atoms with E-state index < -0.39 is 11.9 Å². The van der Waals surface area contributed by atoms with E-state index in [0.717, 1.165) is 11.8 Å². The highest BCUT2D eigenvalue weighted by atomic mass is 19.4. The number of rotatable bonds is 6. The zero-order valence-electron chi connectivity index (χ0n) is 17.8. The Morgan fingerprint density at radius 2 is 1.85 bits per heavy atom. The molecule has 170 valence electrons. The van der Waals surface area contributed by atoms with Crippen LogP contribution in [0, 0.1) is 0 Å². The molecule has 3 rings (SSSR count). The number of aromatic nitrogens is 2. The number of allylic oxidation sites excluding steroid dienone is 1. The van der Waals surface area contributed by atoms with Crippen LogP contribution in [0.3, 0.4) is 0 Å². The lowest BCUT2D eigenvalue weighted by atomic mass is 10.1. The van der Waals surface area contributed by atoms with Gasteiger partial charge in [0.2, 0.25) is 0 Å². The van der Waals surface area contributed by atoms with Gasteiger partial charge in [-0.1, -0.05) is 6.07 Å². The van der Waals surface area contributed by atoms with E-state index in [1.807, 2.05) is 25.1 Å². The minimum absolute atomic E-state index is 0.136. The van der Waals surface area contributed by atoms with E-state index in [1.165, 1.54) is 36.8 Å². The smallest absolute Gasteiger partial charge is 0.398 e. The highest BCUT2D eigenvalue weighted by molar-refractivity contribution is 6.06. The van der Waals surface area contributed by atoms with Crippen LogP contribution in [-0.2, 0) is 0 Å². The van der Waals surface area contributed by atoms with Gasteiger partial charge in [0.25, 0.3) is 5.91 Å². The molecule has 1 aromatic carbocycles. The molecule has 2 heterocycles. The molecule has 10 heteroatoms. The Hall–Kier alpha value is -4.21. The van der Waals surface area contributed by atoms with Crippen molar-refractivity contribution in [2.75, 3.05) is 24.3 Å². The molecule has 3 aromatic rings. The van der Waals surface area contributed by atoms with Gasteiger partial charge in [-0.2, -0.15) is 13.2 Å². The molecule has 0 spiro atoms. The number of carbonyl (C=O) groups is 1. The van der Waals surface area contributed by atoms with Gasteiger partial charge in [-0.05, 0) is 48.5 Å². The van der Waals surface area contributed by atoms with Crippen LogP contribution in [-0.4, -0.2) is 41.9 Å². The third-order valence-electron chi connectivity index (χ3n) is 4.44. The van der Waals surface area contributed by atoms with Crippen molar-refractivity contribution >= 4 is 34.5 Å². The topological polar surface area (TPSA) is 96.5 Å². The maximum absolute atomic E-state index is 13.5. The monoisotopic (exact) mass is 454 g/mol. The molecule has 3 N–H and O–H groups in total. The van der Waals surface area contributed by atoms with E-state index in [1.54, 1.807) is 24.3 Å². The molecule has 0 radical (unpaired) electrons. The van der Waals surface area contributed by atoms with Gasteiger partial charge in [-0.3, -0.25) is 9.78 Å². The molecule has 0 unspecified atom stereocenters. The van der Waals surface area contributed by atoms with Gasteiger partial charge in [-0.25, -0.2) is 9.98 Å². The van der Waals surface area contributed by atoms with Crippen LogP contribution in [0.15, 0.2) is 78.2 Å². The number of amides is 1. The van der Waals surface area contributed by atoms with Crippen LogP contribution in [0.1, 0.15) is 15.9 Å². The van der Waals surface area contributed by atoms with Gasteiger partial charge >= 0.3 is 6.18 Å². The molecule has 7 nitrogen and oxygen atoms in total. The second-order valence-electron chi connectivity index (χ2n) is 7.14. The number of carbonyl (C=O) groups excluding carboxylic acids is 1. The van der Waals surface area contributed by atoms with E-state index in [9.17, 15) is 18.0 Å². The van der Waals surface area contributed by atoms with Crippen LogP contribution in [0.25, 0.3) is 5.70 Å². The van der Waals surface area contributed by atoms with Gasteiger partial charge in [0.05, 0.1) is 11.9 Å². The number of alkyl halides is 3. The molecular weight excluding hydrogens is 433 g/mol. The lowest BCUT2D eigenvalue weighted by Gasteiger charge is -2.13. The molecule has 0 atom stereocenters. The summed E-state index contributed by atoms with van der Waals surface area (Å²) in [7, 11) is 3.71. The van der Waals surface area contributed by atoms with E-state index in [2.05, 4.69) is 20.3 Å². The molecule has 0 aliphatic rings. The summed E-state index contributed by atoms with van der Waals surface area (Å²) in [5, 5.41) is 2.66. The average Bonchev–Trinajstić information content (AvgIpc) is 2.79. The van der Waals surface area contributed by atoms with E-state index in [0.29, 0.717) is 16.8 Å². The van der Waals surface area contributed by atoms with Gasteiger partial charge in [0, 0.05) is 49.0 Å². The predicted molar refractivity (Wildman–Crippen MR) is 123 cm³/mol. The number of anilines is 2. The molecule has 0 fully saturated rings. The molecule has 1 amide bonds. The van der Waals surface area contributed by atoms with Gasteiger partial charge in [-0.15, -0.1) is 0 Å². The highest BCUT2D eigenvalue weighted by Crippen LogP contribution is 2.24. The number of hydrogen-bond donors (Lipinski definition) is 2. The Morgan fingerprint density at radius 1 is 1.09 bits per heavy atom. The summed E-state index contributed by atoms with van der Waals surface area (Å²) in [6.45, 7) is 0. The number of pyridine rings is 2. The molecule has 0 aliphatic carbocycles. The van der Waals surface area contributed by atoms with E-state index in [-0.39, 0.29) is 17.4 Å². The van der Waals surface area contributed by atoms with Crippen molar-refractivity contribution in [3.8, 4) is 0 Å². The number of nitrogens with two attached hydrogens (primary N) is 1. The number of aliphatic imine (C=N–C) groups is 1. The molecule has 0 bridgehead atoms. The minimum Gasteiger partial charge on any atom is -0.398 e. The summed E-state index contributed by atoms with van der Waals surface area (Å²) in [4.78, 5) is 25.7.